The van der Waals surface area contributed by atoms with Crippen molar-refractivity contribution < 1.29 is 9.32 Å². The number of aromatic nitrogens is 3. The van der Waals surface area contributed by atoms with Gasteiger partial charge in [-0.05, 0) is 18.1 Å². The molecule has 0 radical (unpaired) electrons. The number of hydrogen-bond donors (Lipinski definition) is 1. The maximum atomic E-state index is 12.3. The molecule has 0 atom stereocenters. The molecule has 0 aliphatic heterocycles. The summed E-state index contributed by atoms with van der Waals surface area (Å²) in [6.45, 7) is 2.09. The molecule has 4 aromatic rings. The highest BCUT2D eigenvalue weighted by molar-refractivity contribution is 8.00. The molecule has 0 aliphatic rings. The predicted octanol–water partition coefficient (Wildman–Crippen LogP) is 4.98. The lowest BCUT2D eigenvalue weighted by atomic mass is 10.1. The van der Waals surface area contributed by atoms with Crippen LogP contribution in [0.4, 0.5) is 5.13 Å². The van der Waals surface area contributed by atoms with E-state index in [9.17, 15) is 4.79 Å². The quantitative estimate of drug-likeness (QED) is 0.334. The topological polar surface area (TPSA) is 80.9 Å². The first kappa shape index (κ1) is 19.4. The number of carbonyl (C=O) groups excluding carboxylic acids is 1. The number of aryl methyl sites for hydroxylation is 1. The van der Waals surface area contributed by atoms with Gasteiger partial charge in [-0.25, -0.2) is 0 Å². The van der Waals surface area contributed by atoms with Gasteiger partial charge in [0, 0.05) is 17.4 Å². The van der Waals surface area contributed by atoms with E-state index in [4.69, 9.17) is 4.52 Å². The Morgan fingerprint density at radius 1 is 1.10 bits per heavy atom. The Kier molecular flexibility index (Phi) is 6.02. The van der Waals surface area contributed by atoms with Gasteiger partial charge in [0.05, 0.1) is 6.42 Å². The zero-order chi connectivity index (χ0) is 20.1. The van der Waals surface area contributed by atoms with E-state index in [0.29, 0.717) is 16.6 Å². The van der Waals surface area contributed by atoms with Gasteiger partial charge in [-0.3, -0.25) is 4.79 Å². The largest absolute Gasteiger partial charge is 0.360 e. The Bertz CT molecular complexity index is 1110. The molecule has 0 unspecified atom stereocenters. The van der Waals surface area contributed by atoms with Crippen LogP contribution in [0, 0.1) is 6.92 Å². The minimum Gasteiger partial charge on any atom is -0.360 e. The Labute approximate surface area is 176 Å². The van der Waals surface area contributed by atoms with E-state index < -0.39 is 0 Å². The lowest BCUT2D eigenvalue weighted by Crippen LogP contribution is -2.13. The van der Waals surface area contributed by atoms with Gasteiger partial charge in [-0.15, -0.1) is 10.2 Å². The van der Waals surface area contributed by atoms with Crippen molar-refractivity contribution in [2.45, 2.75) is 23.4 Å². The summed E-state index contributed by atoms with van der Waals surface area (Å²) in [5, 5.41) is 15.5. The molecule has 0 spiro atoms. The van der Waals surface area contributed by atoms with Crippen LogP contribution < -0.4 is 5.32 Å². The molecule has 0 fully saturated rings. The van der Waals surface area contributed by atoms with Gasteiger partial charge in [-0.2, -0.15) is 0 Å². The highest BCUT2D eigenvalue weighted by Gasteiger charge is 2.13. The zero-order valence-corrected chi connectivity index (χ0v) is 17.3. The molecular formula is C21H18N4O2S2. The van der Waals surface area contributed by atoms with Gasteiger partial charge in [-0.1, -0.05) is 82.9 Å². The molecule has 6 nitrogen and oxygen atoms in total. The highest BCUT2D eigenvalue weighted by Crippen LogP contribution is 2.29. The number of carbonyl (C=O) groups is 1. The van der Waals surface area contributed by atoms with Crippen LogP contribution >= 0.6 is 23.1 Å². The van der Waals surface area contributed by atoms with E-state index in [0.717, 1.165) is 15.7 Å². The lowest BCUT2D eigenvalue weighted by Gasteiger charge is -2.02. The normalized spacial score (nSPS) is 10.8. The van der Waals surface area contributed by atoms with Crippen molar-refractivity contribution >= 4 is 34.1 Å². The summed E-state index contributed by atoms with van der Waals surface area (Å²) in [4.78, 5) is 12.3. The monoisotopic (exact) mass is 422 g/mol. The first-order valence-corrected chi connectivity index (χ1v) is 10.8. The van der Waals surface area contributed by atoms with Gasteiger partial charge in [0.15, 0.2) is 4.34 Å². The molecule has 2 heterocycles. The van der Waals surface area contributed by atoms with Crippen molar-refractivity contribution in [2.24, 2.45) is 0 Å². The summed E-state index contributed by atoms with van der Waals surface area (Å²) in [5.74, 6) is 1.10. The first-order chi connectivity index (χ1) is 14.2. The van der Waals surface area contributed by atoms with Gasteiger partial charge in [0.2, 0.25) is 11.0 Å². The number of benzene rings is 2. The molecular weight excluding hydrogens is 404 g/mol. The van der Waals surface area contributed by atoms with Crippen LogP contribution in [0.15, 0.2) is 69.5 Å². The maximum Gasteiger partial charge on any atom is 0.233 e. The standard InChI is InChI=1S/C21H18N4O2S2/c1-14-7-5-6-10-16(14)13-28-21-24-23-20(29-21)22-19(26)12-17-11-18(25-27-17)15-8-3-2-4-9-15/h2-11H,12-13H2,1H3,(H,22,23,26). The zero-order valence-electron chi connectivity index (χ0n) is 15.7. The van der Waals surface area contributed by atoms with Crippen LogP contribution in [0.3, 0.4) is 0 Å². The summed E-state index contributed by atoms with van der Waals surface area (Å²) >= 11 is 2.97. The number of rotatable bonds is 7. The maximum absolute atomic E-state index is 12.3. The van der Waals surface area contributed by atoms with Crippen LogP contribution in [-0.2, 0) is 17.0 Å². The molecule has 0 bridgehead atoms. The van der Waals surface area contributed by atoms with E-state index in [2.05, 4.69) is 39.7 Å². The molecule has 29 heavy (non-hydrogen) atoms. The van der Waals surface area contributed by atoms with Gasteiger partial charge < -0.3 is 9.84 Å². The van der Waals surface area contributed by atoms with Crippen molar-refractivity contribution in [3.63, 3.8) is 0 Å². The molecule has 0 saturated heterocycles. The number of amides is 1. The number of nitrogens with one attached hydrogen (secondary N) is 1. The fourth-order valence-corrected chi connectivity index (χ4v) is 4.54. The third kappa shape index (κ3) is 5.10. The molecule has 2 aromatic heterocycles. The molecule has 1 amide bonds. The molecule has 4 rings (SSSR count). The first-order valence-electron chi connectivity index (χ1n) is 8.99. The average Bonchev–Trinajstić information content (AvgIpc) is 3.37. The Morgan fingerprint density at radius 3 is 2.72 bits per heavy atom. The second kappa shape index (κ2) is 9.02. The van der Waals surface area contributed by atoms with Gasteiger partial charge >= 0.3 is 0 Å². The molecule has 0 aliphatic carbocycles. The van der Waals surface area contributed by atoms with Crippen LogP contribution in [0.2, 0.25) is 0 Å². The SMILES string of the molecule is Cc1ccccc1CSc1nnc(NC(=O)Cc2cc(-c3ccccc3)no2)s1. The summed E-state index contributed by atoms with van der Waals surface area (Å²) in [6.07, 6.45) is 0.0884. The number of nitrogens with zero attached hydrogens (tertiary/aromatic N) is 3. The third-order valence-corrected chi connectivity index (χ3v) is 6.25. The third-order valence-electron chi connectivity index (χ3n) is 4.23. The molecule has 1 N–H and O–H groups in total. The summed E-state index contributed by atoms with van der Waals surface area (Å²) in [6, 6.07) is 19.7. The van der Waals surface area contributed by atoms with Crippen LogP contribution in [0.25, 0.3) is 11.3 Å². The van der Waals surface area contributed by atoms with Gasteiger partial charge in [0.1, 0.15) is 11.5 Å². The number of anilines is 1. The second-order valence-corrected chi connectivity index (χ2v) is 8.56. The van der Waals surface area contributed by atoms with E-state index in [1.165, 1.54) is 22.5 Å². The van der Waals surface area contributed by atoms with Crippen molar-refractivity contribution in [3.05, 3.63) is 77.6 Å². The minimum absolute atomic E-state index is 0.0884. The van der Waals surface area contributed by atoms with Crippen LogP contribution in [0.5, 0.6) is 0 Å². The van der Waals surface area contributed by atoms with Crippen molar-refractivity contribution in [3.8, 4) is 11.3 Å². The van der Waals surface area contributed by atoms with Crippen molar-refractivity contribution in [1.82, 2.24) is 15.4 Å². The lowest BCUT2D eigenvalue weighted by molar-refractivity contribution is -0.115. The fourth-order valence-electron chi connectivity index (χ4n) is 2.69. The van der Waals surface area contributed by atoms with Crippen molar-refractivity contribution in [2.75, 3.05) is 5.32 Å². The van der Waals surface area contributed by atoms with E-state index in [1.54, 1.807) is 17.8 Å². The number of hydrogen-bond acceptors (Lipinski definition) is 7. The summed E-state index contributed by atoms with van der Waals surface area (Å²) < 4.78 is 6.10. The Morgan fingerprint density at radius 2 is 1.90 bits per heavy atom. The summed E-state index contributed by atoms with van der Waals surface area (Å²) in [5.41, 5.74) is 4.17. The second-order valence-electron chi connectivity index (χ2n) is 6.36. The van der Waals surface area contributed by atoms with E-state index in [-0.39, 0.29) is 12.3 Å². The minimum atomic E-state index is -0.215. The molecule has 8 heteroatoms. The molecule has 146 valence electrons. The van der Waals surface area contributed by atoms with E-state index >= 15 is 0 Å². The molecule has 2 aromatic carbocycles. The highest BCUT2D eigenvalue weighted by atomic mass is 32.2. The van der Waals surface area contributed by atoms with Gasteiger partial charge in [0.25, 0.3) is 0 Å². The number of thioether (sulfide) groups is 1. The summed E-state index contributed by atoms with van der Waals surface area (Å²) in [7, 11) is 0. The van der Waals surface area contributed by atoms with E-state index in [1.807, 2.05) is 42.5 Å². The predicted molar refractivity (Wildman–Crippen MR) is 115 cm³/mol. The molecule has 0 saturated carbocycles. The Balaban J connectivity index is 1.31. The fraction of sp³-hybridized carbons (Fsp3) is 0.143. The Hall–Kier alpha value is -2.97. The van der Waals surface area contributed by atoms with Crippen LogP contribution in [-0.4, -0.2) is 21.3 Å². The van der Waals surface area contributed by atoms with Crippen molar-refractivity contribution in [1.29, 1.82) is 0 Å². The average molecular weight is 423 g/mol. The van der Waals surface area contributed by atoms with Crippen LogP contribution in [0.1, 0.15) is 16.9 Å². The smallest absolute Gasteiger partial charge is 0.233 e.